The zero-order chi connectivity index (χ0) is 12.1. The number of carbonyl (C=O) groups excluding carboxylic acids is 1. The lowest BCUT2D eigenvalue weighted by Gasteiger charge is -2.03. The van der Waals surface area contributed by atoms with Crippen molar-refractivity contribution in [3.63, 3.8) is 0 Å². The number of carbonyl (C=O) groups is 2. The zero-order valence-electron chi connectivity index (χ0n) is 8.84. The SMILES string of the molecule is C=C(C)C(=O)OCCn1cc(C(=O)O)cn1. The standard InChI is InChI=1S/C10H12N2O4/c1-7(2)10(15)16-4-3-12-6-8(5-11-12)9(13)14/h5-6H,1,3-4H2,2H3,(H,13,14). The highest BCUT2D eigenvalue weighted by molar-refractivity contribution is 5.87. The third kappa shape index (κ3) is 3.23. The molecule has 0 aromatic carbocycles. The van der Waals surface area contributed by atoms with Crippen molar-refractivity contribution >= 4 is 11.9 Å². The van der Waals surface area contributed by atoms with Crippen LogP contribution in [0.1, 0.15) is 17.3 Å². The van der Waals surface area contributed by atoms with Gasteiger partial charge in [-0.1, -0.05) is 6.58 Å². The lowest BCUT2D eigenvalue weighted by atomic mass is 10.4. The molecule has 0 saturated heterocycles. The first kappa shape index (κ1) is 12.0. The summed E-state index contributed by atoms with van der Waals surface area (Å²) >= 11 is 0. The molecule has 0 fully saturated rings. The lowest BCUT2D eigenvalue weighted by Crippen LogP contribution is -2.11. The van der Waals surface area contributed by atoms with Gasteiger partial charge in [-0.2, -0.15) is 5.10 Å². The Kier molecular flexibility index (Phi) is 3.82. The van der Waals surface area contributed by atoms with E-state index in [-0.39, 0.29) is 12.2 Å². The molecule has 0 aliphatic carbocycles. The molecule has 0 aliphatic rings. The van der Waals surface area contributed by atoms with Crippen LogP contribution in [0.25, 0.3) is 0 Å². The lowest BCUT2D eigenvalue weighted by molar-refractivity contribution is -0.139. The van der Waals surface area contributed by atoms with Gasteiger partial charge in [-0.05, 0) is 6.92 Å². The third-order valence-corrected chi connectivity index (χ3v) is 1.78. The van der Waals surface area contributed by atoms with Crippen molar-refractivity contribution in [2.24, 2.45) is 0 Å². The van der Waals surface area contributed by atoms with Crippen LogP contribution in [0.2, 0.25) is 0 Å². The molecule has 0 radical (unpaired) electrons. The third-order valence-electron chi connectivity index (χ3n) is 1.78. The molecule has 1 aromatic rings. The molecule has 0 unspecified atom stereocenters. The van der Waals surface area contributed by atoms with Crippen molar-refractivity contribution in [1.29, 1.82) is 0 Å². The van der Waals surface area contributed by atoms with Crippen LogP contribution >= 0.6 is 0 Å². The molecule has 6 heteroatoms. The second-order valence-corrected chi connectivity index (χ2v) is 3.21. The minimum atomic E-state index is -1.04. The fraction of sp³-hybridized carbons (Fsp3) is 0.300. The van der Waals surface area contributed by atoms with Gasteiger partial charge in [0.05, 0.1) is 18.3 Å². The maximum absolute atomic E-state index is 11.0. The molecule has 0 amide bonds. The van der Waals surface area contributed by atoms with Gasteiger partial charge in [0.1, 0.15) is 6.61 Å². The fourth-order valence-electron chi connectivity index (χ4n) is 0.951. The van der Waals surface area contributed by atoms with Gasteiger partial charge in [0, 0.05) is 11.8 Å². The molecule has 1 N–H and O–H groups in total. The Hall–Kier alpha value is -2.11. The zero-order valence-corrected chi connectivity index (χ0v) is 8.84. The number of hydrogen-bond donors (Lipinski definition) is 1. The second kappa shape index (κ2) is 5.11. The molecular formula is C10H12N2O4. The number of carboxylic acids is 1. The van der Waals surface area contributed by atoms with Crippen molar-refractivity contribution < 1.29 is 19.4 Å². The number of ether oxygens (including phenoxy) is 1. The summed E-state index contributed by atoms with van der Waals surface area (Å²) in [7, 11) is 0. The normalized spacial score (nSPS) is 9.81. The van der Waals surface area contributed by atoms with E-state index < -0.39 is 11.9 Å². The summed E-state index contributed by atoms with van der Waals surface area (Å²) < 4.78 is 6.23. The number of esters is 1. The molecular weight excluding hydrogens is 212 g/mol. The van der Waals surface area contributed by atoms with E-state index in [2.05, 4.69) is 11.7 Å². The minimum Gasteiger partial charge on any atom is -0.478 e. The molecule has 0 atom stereocenters. The van der Waals surface area contributed by atoms with Crippen LogP contribution in [0, 0.1) is 0 Å². The Morgan fingerprint density at radius 2 is 2.31 bits per heavy atom. The van der Waals surface area contributed by atoms with Crippen molar-refractivity contribution in [2.45, 2.75) is 13.5 Å². The van der Waals surface area contributed by atoms with Crippen LogP contribution in [-0.4, -0.2) is 33.4 Å². The maximum Gasteiger partial charge on any atom is 0.338 e. The van der Waals surface area contributed by atoms with Crippen LogP contribution in [0.3, 0.4) is 0 Å². The number of rotatable bonds is 5. The molecule has 1 heterocycles. The summed E-state index contributed by atoms with van der Waals surface area (Å²) in [5.74, 6) is -1.50. The van der Waals surface area contributed by atoms with E-state index in [0.717, 1.165) is 0 Å². The number of hydrogen-bond acceptors (Lipinski definition) is 4. The van der Waals surface area contributed by atoms with Gasteiger partial charge >= 0.3 is 11.9 Å². The first-order chi connectivity index (χ1) is 7.50. The summed E-state index contributed by atoms with van der Waals surface area (Å²) in [5, 5.41) is 12.4. The Bertz CT molecular complexity index is 422. The Morgan fingerprint density at radius 1 is 1.62 bits per heavy atom. The number of aromatic carboxylic acids is 1. The van der Waals surface area contributed by atoms with Crippen molar-refractivity contribution in [1.82, 2.24) is 9.78 Å². The molecule has 1 rings (SSSR count). The molecule has 6 nitrogen and oxygen atoms in total. The predicted octanol–water partition coefficient (Wildman–Crippen LogP) is 0.701. The van der Waals surface area contributed by atoms with E-state index >= 15 is 0 Å². The summed E-state index contributed by atoms with van der Waals surface area (Å²) in [6.45, 7) is 5.43. The smallest absolute Gasteiger partial charge is 0.338 e. The minimum absolute atomic E-state index is 0.103. The molecule has 86 valence electrons. The van der Waals surface area contributed by atoms with E-state index in [1.165, 1.54) is 17.1 Å². The second-order valence-electron chi connectivity index (χ2n) is 3.21. The largest absolute Gasteiger partial charge is 0.478 e. The molecule has 16 heavy (non-hydrogen) atoms. The van der Waals surface area contributed by atoms with Crippen LogP contribution < -0.4 is 0 Å². The van der Waals surface area contributed by atoms with Gasteiger partial charge < -0.3 is 9.84 Å². The van der Waals surface area contributed by atoms with Gasteiger partial charge in [-0.3, -0.25) is 4.68 Å². The van der Waals surface area contributed by atoms with Crippen molar-refractivity contribution in [2.75, 3.05) is 6.61 Å². The molecule has 0 aliphatic heterocycles. The summed E-state index contributed by atoms with van der Waals surface area (Å²) in [4.78, 5) is 21.5. The van der Waals surface area contributed by atoms with Crippen molar-refractivity contribution in [3.8, 4) is 0 Å². The van der Waals surface area contributed by atoms with E-state index in [1.807, 2.05) is 0 Å². The fourth-order valence-corrected chi connectivity index (χ4v) is 0.951. The summed E-state index contributed by atoms with van der Waals surface area (Å²) in [5.41, 5.74) is 0.429. The molecule has 0 spiro atoms. The molecule has 0 saturated carbocycles. The Labute approximate surface area is 92.1 Å². The average molecular weight is 224 g/mol. The summed E-state index contributed by atoms with van der Waals surface area (Å²) in [6.07, 6.45) is 2.61. The van der Waals surface area contributed by atoms with Crippen LogP contribution in [0.4, 0.5) is 0 Å². The monoisotopic (exact) mass is 224 g/mol. The highest BCUT2D eigenvalue weighted by Crippen LogP contribution is 1.98. The van der Waals surface area contributed by atoms with Gasteiger partial charge in [0.15, 0.2) is 0 Å². The van der Waals surface area contributed by atoms with E-state index in [9.17, 15) is 9.59 Å². The van der Waals surface area contributed by atoms with Gasteiger partial charge in [-0.25, -0.2) is 9.59 Å². The average Bonchev–Trinajstić information content (AvgIpc) is 2.66. The highest BCUT2D eigenvalue weighted by Gasteiger charge is 2.06. The maximum atomic E-state index is 11.0. The van der Waals surface area contributed by atoms with Gasteiger partial charge in [0.2, 0.25) is 0 Å². The van der Waals surface area contributed by atoms with Crippen molar-refractivity contribution in [3.05, 3.63) is 30.1 Å². The number of aromatic nitrogens is 2. The number of nitrogens with zero attached hydrogens (tertiary/aromatic N) is 2. The summed E-state index contributed by atoms with van der Waals surface area (Å²) in [6, 6.07) is 0. The Morgan fingerprint density at radius 3 is 2.81 bits per heavy atom. The van der Waals surface area contributed by atoms with Crippen LogP contribution in [0.5, 0.6) is 0 Å². The van der Waals surface area contributed by atoms with Gasteiger partial charge in [0.25, 0.3) is 0 Å². The van der Waals surface area contributed by atoms with Crippen LogP contribution in [0.15, 0.2) is 24.5 Å². The number of carboxylic acid groups (broad SMARTS) is 1. The highest BCUT2D eigenvalue weighted by atomic mass is 16.5. The first-order valence-corrected chi connectivity index (χ1v) is 4.59. The topological polar surface area (TPSA) is 81.4 Å². The van der Waals surface area contributed by atoms with E-state index in [4.69, 9.17) is 9.84 Å². The van der Waals surface area contributed by atoms with Gasteiger partial charge in [-0.15, -0.1) is 0 Å². The van der Waals surface area contributed by atoms with E-state index in [1.54, 1.807) is 6.92 Å². The first-order valence-electron chi connectivity index (χ1n) is 4.59. The quantitative estimate of drug-likeness (QED) is 0.588. The van der Waals surface area contributed by atoms with Crippen LogP contribution in [-0.2, 0) is 16.1 Å². The molecule has 0 bridgehead atoms. The Balaban J connectivity index is 2.40. The molecule has 1 aromatic heterocycles. The van der Waals surface area contributed by atoms with E-state index in [0.29, 0.717) is 12.1 Å². The predicted molar refractivity (Wildman–Crippen MR) is 55.0 cm³/mol.